The first-order valence-corrected chi connectivity index (χ1v) is 7.82. The van der Waals surface area contributed by atoms with Gasteiger partial charge in [0.2, 0.25) is 0 Å². The Bertz CT molecular complexity index is 777. The number of carbonyl (C=O) groups excluding carboxylic acids is 2. The molecule has 1 aliphatic heterocycles. The van der Waals surface area contributed by atoms with Gasteiger partial charge in [-0.3, -0.25) is 14.5 Å². The Balaban J connectivity index is 1.65. The SMILES string of the molecule is COc1ccc2c(c1)C[C@@H](N1C(=O)c3ccccc3C1=O)CC2. The van der Waals surface area contributed by atoms with E-state index < -0.39 is 0 Å². The summed E-state index contributed by atoms with van der Waals surface area (Å²) in [5.41, 5.74) is 3.48. The highest BCUT2D eigenvalue weighted by Gasteiger charge is 2.40. The zero-order valence-corrected chi connectivity index (χ0v) is 12.9. The summed E-state index contributed by atoms with van der Waals surface area (Å²) in [6, 6.07) is 13.0. The molecule has 0 radical (unpaired) electrons. The van der Waals surface area contributed by atoms with E-state index in [4.69, 9.17) is 4.74 Å². The van der Waals surface area contributed by atoms with Crippen LogP contribution in [0, 0.1) is 0 Å². The lowest BCUT2D eigenvalue weighted by atomic mass is 9.87. The molecule has 1 heterocycles. The molecule has 2 aromatic rings. The van der Waals surface area contributed by atoms with Crippen molar-refractivity contribution < 1.29 is 14.3 Å². The summed E-state index contributed by atoms with van der Waals surface area (Å²) in [4.78, 5) is 26.7. The summed E-state index contributed by atoms with van der Waals surface area (Å²) in [6.07, 6.45) is 2.38. The molecular formula is C19H17NO3. The van der Waals surface area contributed by atoms with Crippen LogP contribution in [0.4, 0.5) is 0 Å². The van der Waals surface area contributed by atoms with Gasteiger partial charge in [-0.2, -0.15) is 0 Å². The first-order chi connectivity index (χ1) is 11.2. The molecule has 1 aliphatic carbocycles. The van der Waals surface area contributed by atoms with Gasteiger partial charge in [0.15, 0.2) is 0 Å². The normalized spacial score (nSPS) is 19.5. The molecule has 0 saturated heterocycles. The minimum Gasteiger partial charge on any atom is -0.497 e. The number of nitrogens with zero attached hydrogens (tertiary/aromatic N) is 1. The number of hydrogen-bond acceptors (Lipinski definition) is 3. The molecule has 0 saturated carbocycles. The van der Waals surface area contributed by atoms with E-state index in [1.165, 1.54) is 10.5 Å². The standard InChI is InChI=1S/C19H17NO3/c1-23-15-9-7-12-6-8-14(10-13(12)11-15)20-18(21)16-4-2-3-5-17(16)19(20)22/h2-5,7,9,11,14H,6,8,10H2,1H3/t14-/m0/s1. The van der Waals surface area contributed by atoms with E-state index in [1.54, 1.807) is 31.4 Å². The van der Waals surface area contributed by atoms with Crippen LogP contribution in [0.2, 0.25) is 0 Å². The van der Waals surface area contributed by atoms with Gasteiger partial charge >= 0.3 is 0 Å². The van der Waals surface area contributed by atoms with E-state index in [9.17, 15) is 9.59 Å². The van der Waals surface area contributed by atoms with Crippen molar-refractivity contribution in [3.05, 3.63) is 64.7 Å². The molecule has 0 aromatic heterocycles. The van der Waals surface area contributed by atoms with Crippen molar-refractivity contribution in [2.75, 3.05) is 7.11 Å². The van der Waals surface area contributed by atoms with Gasteiger partial charge in [-0.1, -0.05) is 18.2 Å². The van der Waals surface area contributed by atoms with Crippen LogP contribution in [0.1, 0.15) is 38.3 Å². The summed E-state index contributed by atoms with van der Waals surface area (Å²) in [5.74, 6) is 0.482. The Hall–Kier alpha value is -2.62. The maximum absolute atomic E-state index is 12.6. The van der Waals surface area contributed by atoms with Crippen molar-refractivity contribution in [1.29, 1.82) is 0 Å². The number of carbonyl (C=O) groups is 2. The van der Waals surface area contributed by atoms with Gasteiger partial charge in [-0.05, 0) is 54.7 Å². The number of amides is 2. The molecule has 23 heavy (non-hydrogen) atoms. The zero-order valence-electron chi connectivity index (χ0n) is 12.9. The van der Waals surface area contributed by atoms with Gasteiger partial charge in [0.25, 0.3) is 11.8 Å². The second-order valence-corrected chi connectivity index (χ2v) is 6.06. The van der Waals surface area contributed by atoms with Crippen molar-refractivity contribution in [2.45, 2.75) is 25.3 Å². The monoisotopic (exact) mass is 307 g/mol. The van der Waals surface area contributed by atoms with Gasteiger partial charge in [0.05, 0.1) is 18.2 Å². The molecule has 0 spiro atoms. The Labute approximate surface area is 134 Å². The molecule has 0 bridgehead atoms. The number of methoxy groups -OCH3 is 1. The van der Waals surface area contributed by atoms with Crippen LogP contribution in [0.25, 0.3) is 0 Å². The molecule has 4 rings (SSSR count). The molecule has 1 atom stereocenters. The third-order valence-corrected chi connectivity index (χ3v) is 4.81. The number of ether oxygens (including phenoxy) is 1. The van der Waals surface area contributed by atoms with Gasteiger partial charge in [0.1, 0.15) is 5.75 Å². The molecule has 0 N–H and O–H groups in total. The molecule has 0 unspecified atom stereocenters. The molecule has 2 aromatic carbocycles. The fourth-order valence-electron chi connectivity index (χ4n) is 3.60. The lowest BCUT2D eigenvalue weighted by Crippen LogP contribution is -2.43. The number of imide groups is 1. The molecule has 2 aliphatic rings. The minimum atomic E-state index is -0.165. The van der Waals surface area contributed by atoms with Crippen molar-refractivity contribution in [3.63, 3.8) is 0 Å². The average molecular weight is 307 g/mol. The van der Waals surface area contributed by atoms with Crippen LogP contribution in [-0.4, -0.2) is 29.9 Å². The second-order valence-electron chi connectivity index (χ2n) is 6.06. The Morgan fingerprint density at radius 1 is 1.00 bits per heavy atom. The van der Waals surface area contributed by atoms with Gasteiger partial charge in [-0.15, -0.1) is 0 Å². The highest BCUT2D eigenvalue weighted by atomic mass is 16.5. The fraction of sp³-hybridized carbons (Fsp3) is 0.263. The first kappa shape index (κ1) is 14.0. The van der Waals surface area contributed by atoms with Gasteiger partial charge < -0.3 is 4.74 Å². The van der Waals surface area contributed by atoms with Crippen molar-refractivity contribution in [2.24, 2.45) is 0 Å². The highest BCUT2D eigenvalue weighted by molar-refractivity contribution is 6.21. The number of rotatable bonds is 2. The van der Waals surface area contributed by atoms with E-state index in [0.29, 0.717) is 17.5 Å². The second kappa shape index (κ2) is 5.23. The van der Waals surface area contributed by atoms with E-state index in [1.807, 2.05) is 12.1 Å². The predicted octanol–water partition coefficient (Wildman–Crippen LogP) is 2.85. The largest absolute Gasteiger partial charge is 0.497 e. The number of benzene rings is 2. The quantitative estimate of drug-likeness (QED) is 0.802. The lowest BCUT2D eigenvalue weighted by Gasteiger charge is -2.31. The van der Waals surface area contributed by atoms with Crippen LogP contribution in [0.3, 0.4) is 0 Å². The summed E-state index contributed by atoms with van der Waals surface area (Å²) >= 11 is 0. The third kappa shape index (κ3) is 2.13. The summed E-state index contributed by atoms with van der Waals surface area (Å²) < 4.78 is 5.29. The maximum atomic E-state index is 12.6. The Kier molecular flexibility index (Phi) is 3.18. The first-order valence-electron chi connectivity index (χ1n) is 7.82. The maximum Gasteiger partial charge on any atom is 0.261 e. The number of aryl methyl sites for hydroxylation is 1. The smallest absolute Gasteiger partial charge is 0.261 e. The highest BCUT2D eigenvalue weighted by Crippen LogP contribution is 2.32. The van der Waals surface area contributed by atoms with Gasteiger partial charge in [0, 0.05) is 6.04 Å². The number of hydrogen-bond donors (Lipinski definition) is 0. The molecule has 4 nitrogen and oxygen atoms in total. The molecular weight excluding hydrogens is 290 g/mol. The third-order valence-electron chi connectivity index (χ3n) is 4.81. The Morgan fingerprint density at radius 3 is 2.35 bits per heavy atom. The lowest BCUT2D eigenvalue weighted by molar-refractivity contribution is 0.0571. The molecule has 4 heteroatoms. The predicted molar refractivity (Wildman–Crippen MR) is 85.7 cm³/mol. The van der Waals surface area contributed by atoms with E-state index in [-0.39, 0.29) is 17.9 Å². The van der Waals surface area contributed by atoms with E-state index in [0.717, 1.165) is 24.2 Å². The Morgan fingerprint density at radius 2 is 1.70 bits per heavy atom. The van der Waals surface area contributed by atoms with Crippen molar-refractivity contribution in [1.82, 2.24) is 4.90 Å². The van der Waals surface area contributed by atoms with Crippen LogP contribution in [0.5, 0.6) is 5.75 Å². The van der Waals surface area contributed by atoms with E-state index in [2.05, 4.69) is 6.07 Å². The fourth-order valence-corrected chi connectivity index (χ4v) is 3.60. The van der Waals surface area contributed by atoms with Crippen LogP contribution in [-0.2, 0) is 12.8 Å². The summed E-state index contributed by atoms with van der Waals surface area (Å²) in [6.45, 7) is 0. The average Bonchev–Trinajstić information content (AvgIpc) is 2.85. The minimum absolute atomic E-state index is 0.0815. The van der Waals surface area contributed by atoms with Crippen molar-refractivity contribution >= 4 is 11.8 Å². The zero-order chi connectivity index (χ0) is 16.0. The van der Waals surface area contributed by atoms with Gasteiger partial charge in [-0.25, -0.2) is 0 Å². The van der Waals surface area contributed by atoms with E-state index >= 15 is 0 Å². The molecule has 0 fully saturated rings. The summed E-state index contributed by atoms with van der Waals surface area (Å²) in [7, 11) is 1.65. The van der Waals surface area contributed by atoms with Crippen molar-refractivity contribution in [3.8, 4) is 5.75 Å². The molecule has 2 amide bonds. The van der Waals surface area contributed by atoms with Crippen LogP contribution in [0.15, 0.2) is 42.5 Å². The van der Waals surface area contributed by atoms with Crippen LogP contribution >= 0.6 is 0 Å². The van der Waals surface area contributed by atoms with Crippen LogP contribution < -0.4 is 4.74 Å². The number of fused-ring (bicyclic) bond motifs is 2. The molecule has 116 valence electrons. The topological polar surface area (TPSA) is 46.6 Å². The summed E-state index contributed by atoms with van der Waals surface area (Å²) in [5, 5.41) is 0.